The Balaban J connectivity index is 1.80. The second kappa shape index (κ2) is 7.89. The van der Waals surface area contributed by atoms with Crippen LogP contribution in [0, 0.1) is 51.2 Å². The summed E-state index contributed by atoms with van der Waals surface area (Å²) in [7, 11) is 0. The number of hydrogen-bond acceptors (Lipinski definition) is 3. The van der Waals surface area contributed by atoms with E-state index in [1.807, 2.05) is 6.92 Å². The molecule has 0 heterocycles. The molecule has 0 amide bonds. The van der Waals surface area contributed by atoms with E-state index in [4.69, 9.17) is 0 Å². The first kappa shape index (κ1) is 24.9. The predicted octanol–water partition coefficient (Wildman–Crippen LogP) is 6.98. The predicted molar refractivity (Wildman–Crippen MR) is 133 cm³/mol. The van der Waals surface area contributed by atoms with Gasteiger partial charge in [-0.25, -0.2) is 0 Å². The number of rotatable bonds is 1. The van der Waals surface area contributed by atoms with Crippen LogP contribution in [0.2, 0.25) is 0 Å². The van der Waals surface area contributed by atoms with E-state index in [9.17, 15) is 14.4 Å². The summed E-state index contributed by atoms with van der Waals surface area (Å²) in [6, 6.07) is 0. The van der Waals surface area contributed by atoms with Crippen LogP contribution >= 0.6 is 0 Å². The van der Waals surface area contributed by atoms with Crippen LogP contribution in [0.5, 0.6) is 0 Å². The van der Waals surface area contributed by atoms with Crippen molar-refractivity contribution in [3.63, 3.8) is 0 Å². The highest BCUT2D eigenvalue weighted by atomic mass is 16.1. The van der Waals surface area contributed by atoms with Gasteiger partial charge in [-0.15, -0.1) is 0 Å². The molecule has 0 aromatic carbocycles. The van der Waals surface area contributed by atoms with E-state index < -0.39 is 0 Å². The molecule has 33 heavy (non-hydrogen) atoms. The molecular weight excluding hydrogens is 408 g/mol. The highest BCUT2D eigenvalue weighted by Crippen LogP contribution is 2.72. The Bertz CT molecular complexity index is 894. The minimum atomic E-state index is -0.255. The van der Waals surface area contributed by atoms with Gasteiger partial charge in [0.25, 0.3) is 0 Å². The van der Waals surface area contributed by atoms with Gasteiger partial charge in [-0.3, -0.25) is 14.4 Å². The highest BCUT2D eigenvalue weighted by Gasteiger charge is 2.67. The average Bonchev–Trinajstić information content (AvgIpc) is 2.76. The van der Waals surface area contributed by atoms with Crippen molar-refractivity contribution in [3.8, 4) is 0 Å². The maximum Gasteiger partial charge on any atom is 0.162 e. The van der Waals surface area contributed by atoms with Gasteiger partial charge in [0, 0.05) is 29.2 Å². The lowest BCUT2D eigenvalue weighted by Crippen LogP contribution is -2.64. The van der Waals surface area contributed by atoms with Gasteiger partial charge in [-0.05, 0) is 85.0 Å². The van der Waals surface area contributed by atoms with Crippen molar-refractivity contribution in [1.82, 2.24) is 0 Å². The Kier molecular flexibility index (Phi) is 5.94. The van der Waals surface area contributed by atoms with Crippen LogP contribution < -0.4 is 0 Å². The van der Waals surface area contributed by atoms with Gasteiger partial charge < -0.3 is 0 Å². The zero-order chi connectivity index (χ0) is 24.6. The molecule has 0 aromatic rings. The van der Waals surface area contributed by atoms with Gasteiger partial charge in [0.1, 0.15) is 5.78 Å². The molecule has 0 radical (unpaired) electrons. The summed E-state index contributed by atoms with van der Waals surface area (Å²) in [6.45, 7) is 17.9. The van der Waals surface area contributed by atoms with E-state index >= 15 is 0 Å². The maximum absolute atomic E-state index is 14.0. The molecule has 0 aromatic heterocycles. The normalized spacial score (nSPS) is 47.4. The summed E-state index contributed by atoms with van der Waals surface area (Å²) in [5, 5.41) is 0. The van der Waals surface area contributed by atoms with Crippen molar-refractivity contribution in [2.24, 2.45) is 51.2 Å². The van der Waals surface area contributed by atoms with Gasteiger partial charge in [0.05, 0.1) is 0 Å². The van der Waals surface area contributed by atoms with Crippen LogP contribution in [0.15, 0.2) is 11.6 Å². The van der Waals surface area contributed by atoms with Crippen molar-refractivity contribution in [3.05, 3.63) is 11.6 Å². The van der Waals surface area contributed by atoms with Gasteiger partial charge in [-0.1, -0.05) is 55.4 Å². The lowest BCUT2D eigenvalue weighted by Gasteiger charge is -2.69. The van der Waals surface area contributed by atoms with E-state index in [1.165, 1.54) is 0 Å². The fraction of sp³-hybridized carbons (Fsp3) is 0.833. The van der Waals surface area contributed by atoms with Crippen molar-refractivity contribution in [1.29, 1.82) is 0 Å². The van der Waals surface area contributed by atoms with Crippen LogP contribution in [0.25, 0.3) is 0 Å². The molecule has 0 N–H and O–H groups in total. The fourth-order valence-corrected chi connectivity index (χ4v) is 9.29. The fourth-order valence-electron chi connectivity index (χ4n) is 9.29. The monoisotopic (exact) mass is 454 g/mol. The molecule has 3 nitrogen and oxygen atoms in total. The number of Topliss-reactive ketones (excluding diaryl/α,β-unsaturated/α-hetero) is 2. The molecule has 184 valence electrons. The first-order valence-electron chi connectivity index (χ1n) is 13.5. The number of carbonyl (C=O) groups excluding carboxylic acids is 3. The first-order valence-corrected chi connectivity index (χ1v) is 13.5. The maximum atomic E-state index is 14.0. The Hall–Kier alpha value is -1.25. The molecule has 0 aliphatic heterocycles. The average molecular weight is 455 g/mol. The molecule has 3 heteroatoms. The molecule has 2 unspecified atom stereocenters. The molecular formula is C30H46O3. The topological polar surface area (TPSA) is 51.2 Å². The largest absolute Gasteiger partial charge is 0.299 e. The van der Waals surface area contributed by atoms with Gasteiger partial charge in [0.2, 0.25) is 0 Å². The summed E-state index contributed by atoms with van der Waals surface area (Å²) in [6.07, 6.45) is 9.30. The zero-order valence-corrected chi connectivity index (χ0v) is 22.3. The Morgan fingerprint density at radius 3 is 2.09 bits per heavy atom. The van der Waals surface area contributed by atoms with E-state index in [0.29, 0.717) is 24.0 Å². The second-order valence-electron chi connectivity index (χ2n) is 13.7. The Labute approximate surface area is 201 Å². The number of hydrogen-bond donors (Lipinski definition) is 0. The van der Waals surface area contributed by atoms with Crippen LogP contribution in [-0.4, -0.2) is 17.3 Å². The number of allylic oxidation sites excluding steroid dienone is 2. The van der Waals surface area contributed by atoms with E-state index in [2.05, 4.69) is 48.5 Å². The van der Waals surface area contributed by atoms with Crippen molar-refractivity contribution < 1.29 is 14.4 Å². The Morgan fingerprint density at radius 2 is 1.45 bits per heavy atom. The van der Waals surface area contributed by atoms with Crippen molar-refractivity contribution in [2.45, 2.75) is 107 Å². The minimum Gasteiger partial charge on any atom is -0.299 e. The molecule has 4 aliphatic carbocycles. The van der Waals surface area contributed by atoms with E-state index in [-0.39, 0.29) is 51.0 Å². The molecule has 3 saturated carbocycles. The van der Waals surface area contributed by atoms with Crippen molar-refractivity contribution >= 4 is 17.3 Å². The van der Waals surface area contributed by atoms with Crippen LogP contribution in [0.3, 0.4) is 0 Å². The lowest BCUT2D eigenvalue weighted by molar-refractivity contribution is -0.207. The summed E-state index contributed by atoms with van der Waals surface area (Å²) < 4.78 is 0. The quantitative estimate of drug-likeness (QED) is 0.429. The summed E-state index contributed by atoms with van der Waals surface area (Å²) >= 11 is 0. The third-order valence-electron chi connectivity index (χ3n) is 11.7. The third-order valence-corrected chi connectivity index (χ3v) is 11.7. The summed E-state index contributed by atoms with van der Waals surface area (Å²) in [5.41, 5.74) is 0.547. The van der Waals surface area contributed by atoms with Gasteiger partial charge in [0.15, 0.2) is 11.6 Å². The molecule has 7 atom stereocenters. The highest BCUT2D eigenvalue weighted by molar-refractivity contribution is 6.05. The molecule has 0 spiro atoms. The molecule has 0 saturated heterocycles. The van der Waals surface area contributed by atoms with Crippen LogP contribution in [0.1, 0.15) is 107 Å². The Morgan fingerprint density at radius 1 is 0.818 bits per heavy atom. The van der Waals surface area contributed by atoms with E-state index in [0.717, 1.165) is 50.5 Å². The van der Waals surface area contributed by atoms with Gasteiger partial charge >= 0.3 is 0 Å². The smallest absolute Gasteiger partial charge is 0.162 e. The number of carbonyl (C=O) groups is 3. The zero-order valence-electron chi connectivity index (χ0n) is 22.3. The SMILES string of the molecule is CC(C)/C1=C/C(=O)[C@@H](C)CC[C@]2(C)[C@H](CCC3[C@@]4(C)CCC(=O)C(C)(C)C4CC[C@]32C)C1=O. The summed E-state index contributed by atoms with van der Waals surface area (Å²) in [5.74, 6) is 1.75. The minimum absolute atomic E-state index is 0.0103. The second-order valence-corrected chi connectivity index (χ2v) is 13.7. The van der Waals surface area contributed by atoms with E-state index in [1.54, 1.807) is 6.08 Å². The molecule has 4 rings (SSSR count). The van der Waals surface area contributed by atoms with Crippen molar-refractivity contribution in [2.75, 3.05) is 0 Å². The molecule has 0 bridgehead atoms. The van der Waals surface area contributed by atoms with Crippen LogP contribution in [0.4, 0.5) is 0 Å². The third kappa shape index (κ3) is 3.38. The molecule has 4 aliphatic rings. The standard InChI is InChI=1S/C30H46O3/c1-18(2)20-17-22(31)19(3)11-15-29(7)21(26(20)33)9-10-24-28(6)14-13-25(32)27(4,5)23(28)12-16-30(24,29)8/h17-19,21,23-24H,9-16H2,1-8H3/b20-17-/t19-,21+,23?,24?,28-,29+,30+/m0/s1. The molecule has 3 fully saturated rings. The number of ketones is 3. The number of fused-ring (bicyclic) bond motifs is 5. The lowest BCUT2D eigenvalue weighted by atomic mass is 9.34. The van der Waals surface area contributed by atoms with Crippen LogP contribution in [-0.2, 0) is 14.4 Å². The first-order chi connectivity index (χ1) is 15.2. The summed E-state index contributed by atoms with van der Waals surface area (Å²) in [4.78, 5) is 39.9. The van der Waals surface area contributed by atoms with Gasteiger partial charge in [-0.2, -0.15) is 0 Å².